The van der Waals surface area contributed by atoms with Crippen molar-refractivity contribution in [1.29, 1.82) is 0 Å². The molecule has 0 aromatic heterocycles. The summed E-state index contributed by atoms with van der Waals surface area (Å²) in [5, 5.41) is 2.27. The number of aliphatic carboxylic acids is 1. The Balaban J connectivity index is 5.99. The van der Waals surface area contributed by atoms with E-state index in [9.17, 15) is 39.9 Å². The largest absolute Gasteiger partial charge is 0.478 e. The lowest BCUT2D eigenvalue weighted by molar-refractivity contribution is -0.266. The van der Waals surface area contributed by atoms with Gasteiger partial charge in [0, 0.05) is 0 Å². The summed E-state index contributed by atoms with van der Waals surface area (Å²) in [5.41, 5.74) is 0. The highest BCUT2D eigenvalue weighted by Crippen LogP contribution is 2.61. The highest BCUT2D eigenvalue weighted by molar-refractivity contribution is 9.10. The third-order valence-corrected chi connectivity index (χ3v) is 4.39. The molecule has 0 spiro atoms. The van der Waals surface area contributed by atoms with Gasteiger partial charge in [0.05, 0.1) is 0 Å². The number of halogens is 11. The van der Waals surface area contributed by atoms with Crippen molar-refractivity contribution in [2.75, 3.05) is 0 Å². The zero-order valence-corrected chi connectivity index (χ0v) is 11.9. The Bertz CT molecular complexity index is 380. The lowest BCUT2D eigenvalue weighted by atomic mass is 10.0. The summed E-state index contributed by atoms with van der Waals surface area (Å²) < 4.78 is 91.5. The Labute approximate surface area is 121 Å². The number of rotatable bonds is 4. The summed E-state index contributed by atoms with van der Waals surface area (Å²) in [6.07, 6.45) is -6.39. The van der Waals surface area contributed by atoms with Crippen molar-refractivity contribution in [2.24, 2.45) is 0 Å². The Hall–Kier alpha value is 0.160. The van der Waals surface area contributed by atoms with E-state index in [-0.39, 0.29) is 0 Å². The fourth-order valence-electron chi connectivity index (χ4n) is 0.707. The molecular weight excluding hydrogens is 451 g/mol. The van der Waals surface area contributed by atoms with Crippen LogP contribution >= 0.6 is 43.5 Å². The van der Waals surface area contributed by atoms with E-state index in [0.29, 0.717) is 0 Å². The standard InChI is InChI=1S/C6HBr2ClF8O2/c7-2(10,1(18)19)5(13,14)3(8,11)4(9,12)6(15,16)17/h(H,18,19). The number of alkyl halides is 11. The van der Waals surface area contributed by atoms with Gasteiger partial charge >= 0.3 is 27.8 Å². The molecule has 0 rings (SSSR count). The maximum absolute atomic E-state index is 13.4. The molecule has 0 radical (unpaired) electrons. The van der Waals surface area contributed by atoms with E-state index in [1.54, 1.807) is 0 Å². The number of carbonyl (C=O) groups is 1. The molecule has 3 unspecified atom stereocenters. The molecule has 3 atom stereocenters. The van der Waals surface area contributed by atoms with E-state index >= 15 is 0 Å². The van der Waals surface area contributed by atoms with Crippen LogP contribution in [-0.4, -0.2) is 37.5 Å². The number of hydrogen-bond donors (Lipinski definition) is 1. The third kappa shape index (κ3) is 2.67. The normalized spacial score (nSPS) is 23.1. The van der Waals surface area contributed by atoms with Crippen LogP contribution in [0.25, 0.3) is 0 Å². The van der Waals surface area contributed by atoms with Crippen molar-refractivity contribution in [3.05, 3.63) is 0 Å². The Kier molecular flexibility index (Phi) is 4.90. The molecule has 0 bridgehead atoms. The van der Waals surface area contributed by atoms with Crippen molar-refractivity contribution in [1.82, 2.24) is 0 Å². The van der Waals surface area contributed by atoms with Gasteiger partial charge in [0.2, 0.25) is 0 Å². The Morgan fingerprint density at radius 2 is 1.26 bits per heavy atom. The fourth-order valence-corrected chi connectivity index (χ4v) is 1.86. The minimum absolute atomic E-state index is 0.988. The van der Waals surface area contributed by atoms with E-state index in [2.05, 4.69) is 11.6 Å². The van der Waals surface area contributed by atoms with Crippen LogP contribution < -0.4 is 0 Å². The monoisotopic (exact) mass is 450 g/mol. The fraction of sp³-hybridized carbons (Fsp3) is 0.833. The zero-order chi connectivity index (χ0) is 16.1. The van der Waals surface area contributed by atoms with Crippen molar-refractivity contribution in [3.8, 4) is 0 Å². The van der Waals surface area contributed by atoms with Gasteiger partial charge < -0.3 is 5.11 Å². The van der Waals surface area contributed by atoms with E-state index < -0.39 is 32.4 Å². The van der Waals surface area contributed by atoms with E-state index in [0.717, 1.165) is 15.9 Å². The van der Waals surface area contributed by atoms with Crippen molar-refractivity contribution >= 4 is 49.4 Å². The molecule has 1 N–H and O–H groups in total. The van der Waals surface area contributed by atoms with Crippen molar-refractivity contribution in [3.63, 3.8) is 0 Å². The molecule has 0 aliphatic carbocycles. The first-order valence-corrected chi connectivity index (χ1v) is 5.72. The highest BCUT2D eigenvalue weighted by atomic mass is 79.9. The summed E-state index contributed by atoms with van der Waals surface area (Å²) in [7, 11) is 0. The maximum atomic E-state index is 13.4. The average molecular weight is 452 g/mol. The van der Waals surface area contributed by atoms with Gasteiger partial charge in [-0.25, -0.2) is 18.0 Å². The van der Waals surface area contributed by atoms with Crippen LogP contribution in [0.1, 0.15) is 0 Å². The molecular formula is C6HBr2ClF8O2. The van der Waals surface area contributed by atoms with Gasteiger partial charge in [-0.15, -0.1) is 0 Å². The summed E-state index contributed by atoms with van der Waals surface area (Å²) in [6, 6.07) is 0. The van der Waals surface area contributed by atoms with Crippen LogP contribution in [0, 0.1) is 0 Å². The predicted octanol–water partition coefficient (Wildman–Crippen LogP) is 4.29. The van der Waals surface area contributed by atoms with Gasteiger partial charge in [-0.2, -0.15) is 22.0 Å². The van der Waals surface area contributed by atoms with Gasteiger partial charge in [0.25, 0.3) is 4.58 Å². The Morgan fingerprint density at radius 1 is 0.947 bits per heavy atom. The van der Waals surface area contributed by atoms with Crippen LogP contribution in [0.3, 0.4) is 0 Å². The minimum atomic E-state index is -6.39. The SMILES string of the molecule is O=C(O)C(F)(Br)C(F)(F)C(F)(Br)C(F)(Cl)C(F)(F)F. The first-order valence-electron chi connectivity index (χ1n) is 3.76. The molecule has 114 valence electrons. The molecule has 0 fully saturated rings. The van der Waals surface area contributed by atoms with Crippen LogP contribution in [0.2, 0.25) is 0 Å². The first-order chi connectivity index (χ1) is 7.94. The van der Waals surface area contributed by atoms with Gasteiger partial charge in [0.1, 0.15) is 0 Å². The van der Waals surface area contributed by atoms with Crippen LogP contribution in [-0.2, 0) is 4.79 Å². The second-order valence-corrected chi connectivity index (χ2v) is 5.81. The summed E-state index contributed by atoms with van der Waals surface area (Å²) in [6.45, 7) is 0. The molecule has 13 heteroatoms. The summed E-state index contributed by atoms with van der Waals surface area (Å²) in [5.74, 6) is -9.16. The second kappa shape index (κ2) is 4.86. The van der Waals surface area contributed by atoms with Gasteiger partial charge in [-0.3, -0.25) is 0 Å². The minimum Gasteiger partial charge on any atom is -0.478 e. The second-order valence-electron chi connectivity index (χ2n) is 3.10. The molecule has 0 aliphatic rings. The molecule has 0 heterocycles. The first kappa shape index (κ1) is 19.2. The van der Waals surface area contributed by atoms with E-state index in [4.69, 9.17) is 5.11 Å². The topological polar surface area (TPSA) is 37.3 Å². The van der Waals surface area contributed by atoms with E-state index in [1.807, 2.05) is 0 Å². The summed E-state index contributed by atoms with van der Waals surface area (Å²) in [4.78, 5) is 10.2. The quantitative estimate of drug-likeness (QED) is 0.511. The van der Waals surface area contributed by atoms with Gasteiger partial charge in [-0.05, 0) is 31.9 Å². The average Bonchev–Trinajstić information content (AvgIpc) is 2.14. The molecule has 0 amide bonds. The highest BCUT2D eigenvalue weighted by Gasteiger charge is 2.83. The lowest BCUT2D eigenvalue weighted by Gasteiger charge is -2.39. The predicted molar refractivity (Wildman–Crippen MR) is 53.9 cm³/mol. The van der Waals surface area contributed by atoms with Gasteiger partial charge in [0.15, 0.2) is 0 Å². The molecule has 0 aromatic carbocycles. The number of carboxylic acid groups (broad SMARTS) is 1. The third-order valence-electron chi connectivity index (χ3n) is 1.81. The van der Waals surface area contributed by atoms with Crippen molar-refractivity contribution < 1.29 is 45.0 Å². The van der Waals surface area contributed by atoms with E-state index in [1.165, 1.54) is 15.9 Å². The number of hydrogen-bond acceptors (Lipinski definition) is 1. The molecule has 19 heavy (non-hydrogen) atoms. The van der Waals surface area contributed by atoms with Crippen LogP contribution in [0.4, 0.5) is 35.1 Å². The molecule has 0 aliphatic heterocycles. The number of carboxylic acids is 1. The van der Waals surface area contributed by atoms with Crippen LogP contribution in [0.15, 0.2) is 0 Å². The molecule has 2 nitrogen and oxygen atoms in total. The smallest absolute Gasteiger partial charge is 0.441 e. The molecule has 0 saturated carbocycles. The Morgan fingerprint density at radius 3 is 1.47 bits per heavy atom. The maximum Gasteiger partial charge on any atom is 0.441 e. The molecule has 0 aromatic rings. The zero-order valence-electron chi connectivity index (χ0n) is 8.01. The lowest BCUT2D eigenvalue weighted by Crippen LogP contribution is -2.66. The van der Waals surface area contributed by atoms with Gasteiger partial charge in [-0.1, -0.05) is 11.6 Å². The molecule has 0 saturated heterocycles. The van der Waals surface area contributed by atoms with Crippen LogP contribution in [0.5, 0.6) is 0 Å². The summed E-state index contributed by atoms with van der Waals surface area (Å²) >= 11 is 6.20. The van der Waals surface area contributed by atoms with Crippen molar-refractivity contribution in [2.45, 2.75) is 26.4 Å².